The summed E-state index contributed by atoms with van der Waals surface area (Å²) in [5, 5.41) is 0. The lowest BCUT2D eigenvalue weighted by atomic mass is 10.1. The number of hydrogen-bond acceptors (Lipinski definition) is 3. The van der Waals surface area contributed by atoms with E-state index in [9.17, 15) is 9.59 Å². The van der Waals surface area contributed by atoms with Crippen molar-refractivity contribution >= 4 is 5.91 Å². The van der Waals surface area contributed by atoms with Crippen LogP contribution in [0.5, 0.6) is 0 Å². The number of carbonyl (C=O) groups excluding carboxylic acids is 1. The second kappa shape index (κ2) is 3.54. The molecule has 0 radical (unpaired) electrons. The highest BCUT2D eigenvalue weighted by molar-refractivity contribution is 5.92. The predicted octanol–water partition coefficient (Wildman–Crippen LogP) is -0.878. The molecule has 2 rings (SSSR count). The Morgan fingerprint density at radius 3 is 2.80 bits per heavy atom. The standard InChI is InChI=1S/C9H14N4O2/c1-5-3-13(4-6(5)10)8(14)7-2-11-9(15)12-7/h2,5-6H,3-4,10H2,1H3,(H2,11,12,15). The molecule has 1 saturated heterocycles. The summed E-state index contributed by atoms with van der Waals surface area (Å²) < 4.78 is 0. The Morgan fingerprint density at radius 1 is 1.60 bits per heavy atom. The van der Waals surface area contributed by atoms with Crippen molar-refractivity contribution in [2.24, 2.45) is 11.7 Å². The molecule has 6 nitrogen and oxygen atoms in total. The van der Waals surface area contributed by atoms with Gasteiger partial charge in [-0.1, -0.05) is 6.92 Å². The minimum Gasteiger partial charge on any atom is -0.335 e. The van der Waals surface area contributed by atoms with Gasteiger partial charge in [0.1, 0.15) is 5.69 Å². The van der Waals surface area contributed by atoms with Crippen LogP contribution < -0.4 is 11.4 Å². The molecule has 6 heteroatoms. The lowest BCUT2D eigenvalue weighted by Crippen LogP contribution is -2.32. The van der Waals surface area contributed by atoms with E-state index in [4.69, 9.17) is 5.73 Å². The maximum absolute atomic E-state index is 11.8. The van der Waals surface area contributed by atoms with E-state index >= 15 is 0 Å². The summed E-state index contributed by atoms with van der Waals surface area (Å²) >= 11 is 0. The van der Waals surface area contributed by atoms with Crippen molar-refractivity contribution in [1.82, 2.24) is 14.9 Å². The van der Waals surface area contributed by atoms with Crippen LogP contribution >= 0.6 is 0 Å². The van der Waals surface area contributed by atoms with E-state index in [0.717, 1.165) is 0 Å². The van der Waals surface area contributed by atoms with E-state index in [2.05, 4.69) is 9.97 Å². The molecule has 1 aliphatic heterocycles. The van der Waals surface area contributed by atoms with Gasteiger partial charge in [0.05, 0.1) is 0 Å². The highest BCUT2D eigenvalue weighted by Crippen LogP contribution is 2.15. The van der Waals surface area contributed by atoms with Crippen molar-refractivity contribution in [2.75, 3.05) is 13.1 Å². The molecule has 1 aromatic rings. The molecule has 1 aliphatic rings. The number of aromatic nitrogens is 2. The summed E-state index contributed by atoms with van der Waals surface area (Å²) in [6.45, 7) is 3.21. The van der Waals surface area contributed by atoms with Crippen molar-refractivity contribution < 1.29 is 4.79 Å². The van der Waals surface area contributed by atoms with Crippen molar-refractivity contribution in [3.63, 3.8) is 0 Å². The number of amides is 1. The molecule has 1 fully saturated rings. The quantitative estimate of drug-likeness (QED) is 0.562. The lowest BCUT2D eigenvalue weighted by molar-refractivity contribution is 0.0781. The first kappa shape index (κ1) is 9.97. The summed E-state index contributed by atoms with van der Waals surface area (Å²) in [4.78, 5) is 29.2. The summed E-state index contributed by atoms with van der Waals surface area (Å²) in [5.41, 5.74) is 5.74. The maximum atomic E-state index is 11.8. The molecule has 15 heavy (non-hydrogen) atoms. The fourth-order valence-electron chi connectivity index (χ4n) is 1.78. The Balaban J connectivity index is 2.13. The van der Waals surface area contributed by atoms with E-state index in [-0.39, 0.29) is 17.6 Å². The third-order valence-corrected chi connectivity index (χ3v) is 2.78. The molecule has 0 aromatic carbocycles. The number of rotatable bonds is 1. The topological polar surface area (TPSA) is 95.0 Å². The number of nitrogens with one attached hydrogen (secondary N) is 2. The van der Waals surface area contributed by atoms with Crippen molar-refractivity contribution in [3.8, 4) is 0 Å². The van der Waals surface area contributed by atoms with Gasteiger partial charge in [0.2, 0.25) is 0 Å². The zero-order valence-electron chi connectivity index (χ0n) is 8.49. The maximum Gasteiger partial charge on any atom is 0.323 e. The van der Waals surface area contributed by atoms with Gasteiger partial charge in [0.25, 0.3) is 5.91 Å². The Hall–Kier alpha value is -1.56. The minimum absolute atomic E-state index is 0.0274. The van der Waals surface area contributed by atoms with Crippen LogP contribution in [0.1, 0.15) is 17.4 Å². The Kier molecular flexibility index (Phi) is 2.36. The van der Waals surface area contributed by atoms with Gasteiger partial charge >= 0.3 is 5.69 Å². The van der Waals surface area contributed by atoms with Crippen LogP contribution in [0.25, 0.3) is 0 Å². The molecular weight excluding hydrogens is 196 g/mol. The average molecular weight is 210 g/mol. The number of hydrogen-bond donors (Lipinski definition) is 3. The fraction of sp³-hybridized carbons (Fsp3) is 0.556. The van der Waals surface area contributed by atoms with Gasteiger partial charge in [-0.2, -0.15) is 0 Å². The van der Waals surface area contributed by atoms with Gasteiger partial charge in [0, 0.05) is 25.3 Å². The molecule has 0 spiro atoms. The van der Waals surface area contributed by atoms with Crippen molar-refractivity contribution in [3.05, 3.63) is 22.4 Å². The average Bonchev–Trinajstić information content (AvgIpc) is 2.74. The highest BCUT2D eigenvalue weighted by Gasteiger charge is 2.30. The van der Waals surface area contributed by atoms with Crippen LogP contribution in [0.4, 0.5) is 0 Å². The molecule has 82 valence electrons. The second-order valence-corrected chi connectivity index (χ2v) is 4.01. The van der Waals surface area contributed by atoms with Crippen LogP contribution in [0.15, 0.2) is 11.0 Å². The van der Waals surface area contributed by atoms with E-state index < -0.39 is 0 Å². The summed E-state index contributed by atoms with van der Waals surface area (Å²) in [6.07, 6.45) is 1.39. The number of aromatic amines is 2. The fourth-order valence-corrected chi connectivity index (χ4v) is 1.78. The number of imidazole rings is 1. The Labute approximate surface area is 86.5 Å². The van der Waals surface area contributed by atoms with Crippen LogP contribution in [-0.4, -0.2) is 39.9 Å². The smallest absolute Gasteiger partial charge is 0.323 e. The monoisotopic (exact) mass is 210 g/mol. The molecular formula is C9H14N4O2. The van der Waals surface area contributed by atoms with E-state index in [1.54, 1.807) is 4.90 Å². The minimum atomic E-state index is -0.366. The molecule has 0 bridgehead atoms. The first-order valence-corrected chi connectivity index (χ1v) is 4.90. The van der Waals surface area contributed by atoms with E-state index in [1.807, 2.05) is 6.92 Å². The van der Waals surface area contributed by atoms with E-state index in [0.29, 0.717) is 24.7 Å². The van der Waals surface area contributed by atoms with Crippen molar-refractivity contribution in [2.45, 2.75) is 13.0 Å². The molecule has 1 amide bonds. The number of likely N-dealkylation sites (tertiary alicyclic amines) is 1. The van der Waals surface area contributed by atoms with Crippen LogP contribution in [-0.2, 0) is 0 Å². The van der Waals surface area contributed by atoms with Crippen LogP contribution in [0.3, 0.4) is 0 Å². The predicted molar refractivity (Wildman–Crippen MR) is 54.5 cm³/mol. The lowest BCUT2D eigenvalue weighted by Gasteiger charge is -2.13. The molecule has 0 saturated carbocycles. The van der Waals surface area contributed by atoms with Gasteiger partial charge < -0.3 is 20.6 Å². The van der Waals surface area contributed by atoms with Gasteiger partial charge in [-0.25, -0.2) is 4.79 Å². The normalized spacial score (nSPS) is 25.9. The van der Waals surface area contributed by atoms with Gasteiger partial charge in [-0.05, 0) is 5.92 Å². The number of nitrogens with two attached hydrogens (primary N) is 1. The summed E-state index contributed by atoms with van der Waals surface area (Å²) in [5.74, 6) is 0.132. The highest BCUT2D eigenvalue weighted by atomic mass is 16.2. The zero-order chi connectivity index (χ0) is 11.0. The number of H-pyrrole nitrogens is 2. The van der Waals surface area contributed by atoms with Crippen molar-refractivity contribution in [1.29, 1.82) is 0 Å². The summed E-state index contributed by atoms with van der Waals surface area (Å²) in [7, 11) is 0. The second-order valence-electron chi connectivity index (χ2n) is 4.01. The zero-order valence-corrected chi connectivity index (χ0v) is 8.49. The third-order valence-electron chi connectivity index (χ3n) is 2.78. The molecule has 4 N–H and O–H groups in total. The Bertz CT molecular complexity index is 412. The first-order valence-electron chi connectivity index (χ1n) is 4.90. The molecule has 2 atom stereocenters. The third kappa shape index (κ3) is 1.80. The largest absolute Gasteiger partial charge is 0.335 e. The van der Waals surface area contributed by atoms with Crippen LogP contribution in [0.2, 0.25) is 0 Å². The Morgan fingerprint density at radius 2 is 2.33 bits per heavy atom. The molecule has 2 heterocycles. The molecule has 0 aliphatic carbocycles. The number of nitrogens with zero attached hydrogens (tertiary/aromatic N) is 1. The van der Waals surface area contributed by atoms with E-state index in [1.165, 1.54) is 6.20 Å². The first-order chi connectivity index (χ1) is 7.08. The van der Waals surface area contributed by atoms with Gasteiger partial charge in [-0.15, -0.1) is 0 Å². The molecule has 2 unspecified atom stereocenters. The summed E-state index contributed by atoms with van der Waals surface area (Å²) in [6, 6.07) is 0.0274. The number of carbonyl (C=O) groups is 1. The molecule has 1 aromatic heterocycles. The SMILES string of the molecule is CC1CN(C(=O)c2c[nH]c(=O)[nH]2)CC1N. The van der Waals surface area contributed by atoms with Gasteiger partial charge in [0.15, 0.2) is 0 Å². The van der Waals surface area contributed by atoms with Crippen LogP contribution in [0, 0.1) is 5.92 Å². The van der Waals surface area contributed by atoms with Gasteiger partial charge in [-0.3, -0.25) is 4.79 Å².